The molecule has 10 nitrogen and oxygen atoms in total. The summed E-state index contributed by atoms with van der Waals surface area (Å²) < 4.78 is 0. The van der Waals surface area contributed by atoms with Gasteiger partial charge < -0.3 is 10.2 Å². The molecule has 1 atom stereocenters. The number of hydrogen-bond donors (Lipinski definition) is 5. The van der Waals surface area contributed by atoms with E-state index in [0.717, 1.165) is 11.8 Å². The van der Waals surface area contributed by atoms with E-state index in [1.54, 1.807) is 0 Å². The van der Waals surface area contributed by atoms with Gasteiger partial charge in [-0.25, -0.2) is 15.3 Å². The molecule has 1 aromatic carbocycles. The van der Waals surface area contributed by atoms with Gasteiger partial charge in [-0.05, 0) is 30.7 Å². The van der Waals surface area contributed by atoms with Gasteiger partial charge in [-0.3, -0.25) is 14.6 Å². The van der Waals surface area contributed by atoms with Crippen LogP contribution in [0.5, 0.6) is 11.5 Å². The largest absolute Gasteiger partial charge is 0.504 e. The molecular formula is C13H13N5O5S. The van der Waals surface area contributed by atoms with Gasteiger partial charge in [-0.1, -0.05) is 11.8 Å². The van der Waals surface area contributed by atoms with E-state index in [-0.39, 0.29) is 16.5 Å². The number of carbonyl (C=O) groups is 1. The Bertz CT molecular complexity index is 891. The molecular weight excluding hydrogens is 338 g/mol. The van der Waals surface area contributed by atoms with Gasteiger partial charge in [0.25, 0.3) is 11.5 Å². The molecule has 0 saturated heterocycles. The van der Waals surface area contributed by atoms with E-state index in [4.69, 9.17) is 0 Å². The maximum Gasteiger partial charge on any atom is 0.342 e. The molecule has 24 heavy (non-hydrogen) atoms. The summed E-state index contributed by atoms with van der Waals surface area (Å²) in [5.74, 6) is -1.07. The number of amides is 1. The van der Waals surface area contributed by atoms with Crippen molar-refractivity contribution in [1.29, 1.82) is 0 Å². The smallest absolute Gasteiger partial charge is 0.342 e. The number of nitrogens with one attached hydrogen (secondary N) is 3. The lowest BCUT2D eigenvalue weighted by Crippen LogP contribution is -2.30. The second-order valence-electron chi connectivity index (χ2n) is 4.55. The van der Waals surface area contributed by atoms with Crippen LogP contribution in [0.3, 0.4) is 0 Å². The van der Waals surface area contributed by atoms with E-state index in [2.05, 4.69) is 20.7 Å². The second-order valence-corrected chi connectivity index (χ2v) is 5.88. The highest BCUT2D eigenvalue weighted by atomic mass is 32.2. The van der Waals surface area contributed by atoms with Crippen LogP contribution in [0.25, 0.3) is 0 Å². The predicted molar refractivity (Wildman–Crippen MR) is 86.3 cm³/mol. The van der Waals surface area contributed by atoms with Gasteiger partial charge in [0.2, 0.25) is 0 Å². The Morgan fingerprint density at radius 2 is 2.12 bits per heavy atom. The van der Waals surface area contributed by atoms with Gasteiger partial charge in [0.05, 0.1) is 11.5 Å². The van der Waals surface area contributed by atoms with Crippen LogP contribution in [0.1, 0.15) is 12.5 Å². The molecule has 0 radical (unpaired) electrons. The van der Waals surface area contributed by atoms with Crippen molar-refractivity contribution in [3.05, 3.63) is 44.6 Å². The molecule has 1 unspecified atom stereocenters. The monoisotopic (exact) mass is 351 g/mol. The van der Waals surface area contributed by atoms with Gasteiger partial charge in [0, 0.05) is 0 Å². The minimum absolute atomic E-state index is 0.0512. The molecule has 0 saturated carbocycles. The predicted octanol–water partition coefficient (Wildman–Crippen LogP) is -0.500. The van der Waals surface area contributed by atoms with Crippen molar-refractivity contribution in [2.24, 2.45) is 5.10 Å². The molecule has 5 N–H and O–H groups in total. The van der Waals surface area contributed by atoms with Crippen molar-refractivity contribution < 1.29 is 15.0 Å². The van der Waals surface area contributed by atoms with Crippen LogP contribution in [0, 0.1) is 0 Å². The molecule has 2 aromatic rings. The van der Waals surface area contributed by atoms with E-state index in [9.17, 15) is 24.6 Å². The number of H-pyrrole nitrogens is 2. The maximum atomic E-state index is 11.9. The van der Waals surface area contributed by atoms with Crippen LogP contribution in [-0.4, -0.2) is 42.8 Å². The summed E-state index contributed by atoms with van der Waals surface area (Å²) in [5.41, 5.74) is 1.31. The Balaban J connectivity index is 1.96. The van der Waals surface area contributed by atoms with Crippen LogP contribution in [0.15, 0.2) is 37.9 Å². The first-order valence-electron chi connectivity index (χ1n) is 6.57. The molecule has 0 aliphatic carbocycles. The number of rotatable bonds is 5. The van der Waals surface area contributed by atoms with Gasteiger partial charge in [0.1, 0.15) is 0 Å². The zero-order chi connectivity index (χ0) is 17.7. The number of aromatic nitrogens is 3. The number of aromatic hydroxyl groups is 2. The number of carbonyl (C=O) groups excluding carboxylic acids is 1. The normalized spacial score (nSPS) is 12.2. The number of hydrazone groups is 1. The Labute approximate surface area is 138 Å². The van der Waals surface area contributed by atoms with Crippen LogP contribution in [0.4, 0.5) is 0 Å². The Morgan fingerprint density at radius 1 is 1.38 bits per heavy atom. The number of benzene rings is 1. The summed E-state index contributed by atoms with van der Waals surface area (Å²) in [7, 11) is 0. The minimum Gasteiger partial charge on any atom is -0.504 e. The third-order valence-corrected chi connectivity index (χ3v) is 3.79. The molecule has 1 amide bonds. The highest BCUT2D eigenvalue weighted by molar-refractivity contribution is 8.00. The van der Waals surface area contributed by atoms with Gasteiger partial charge in [0.15, 0.2) is 16.5 Å². The molecule has 1 heterocycles. The maximum absolute atomic E-state index is 11.9. The molecule has 0 spiro atoms. The van der Waals surface area contributed by atoms with Crippen molar-refractivity contribution >= 4 is 23.9 Å². The summed E-state index contributed by atoms with van der Waals surface area (Å²) in [5, 5.41) is 27.1. The first-order chi connectivity index (χ1) is 11.4. The number of phenolic OH excluding ortho intramolecular Hbond substituents is 2. The van der Waals surface area contributed by atoms with Crippen LogP contribution in [-0.2, 0) is 4.79 Å². The lowest BCUT2D eigenvalue weighted by Gasteiger charge is -2.07. The number of hydrogen-bond acceptors (Lipinski definition) is 8. The zero-order valence-corrected chi connectivity index (χ0v) is 13.1. The summed E-state index contributed by atoms with van der Waals surface area (Å²) in [4.78, 5) is 36.3. The van der Waals surface area contributed by atoms with Crippen molar-refractivity contribution in [2.75, 3.05) is 0 Å². The number of aromatic amines is 2. The third-order valence-electron chi connectivity index (χ3n) is 2.73. The summed E-state index contributed by atoms with van der Waals surface area (Å²) in [6, 6.07) is 4.05. The first kappa shape index (κ1) is 17.3. The lowest BCUT2D eigenvalue weighted by atomic mass is 10.2. The Hall–Kier alpha value is -3.08. The van der Waals surface area contributed by atoms with E-state index in [0.29, 0.717) is 5.56 Å². The van der Waals surface area contributed by atoms with Gasteiger partial charge in [-0.15, -0.1) is 0 Å². The highest BCUT2D eigenvalue weighted by Crippen LogP contribution is 2.24. The standard InChI is InChI=1S/C13H13N5O5S/c1-6(24-12-11(22)15-13(23)18-17-12)10(21)16-14-5-7-2-3-8(19)9(20)4-7/h2-6,19-20H,1H3,(H,16,21)(H2,15,18,22,23)/b14-5+. The van der Waals surface area contributed by atoms with Gasteiger partial charge >= 0.3 is 5.69 Å². The number of thioether (sulfide) groups is 1. The average Bonchev–Trinajstić information content (AvgIpc) is 2.53. The third kappa shape index (κ3) is 4.46. The molecule has 1 aromatic heterocycles. The van der Waals surface area contributed by atoms with Crippen molar-refractivity contribution in [2.45, 2.75) is 17.2 Å². The molecule has 0 aliphatic rings. The number of nitrogens with zero attached hydrogens (tertiary/aromatic N) is 2. The van der Waals surface area contributed by atoms with Crippen molar-refractivity contribution in [3.8, 4) is 11.5 Å². The molecule has 0 fully saturated rings. The summed E-state index contributed by atoms with van der Waals surface area (Å²) in [6.07, 6.45) is 1.28. The number of phenols is 2. The van der Waals surface area contributed by atoms with E-state index < -0.39 is 22.4 Å². The summed E-state index contributed by atoms with van der Waals surface area (Å²) >= 11 is 0.854. The van der Waals surface area contributed by atoms with Crippen LogP contribution < -0.4 is 16.7 Å². The Morgan fingerprint density at radius 3 is 2.79 bits per heavy atom. The minimum atomic E-state index is -0.733. The van der Waals surface area contributed by atoms with Crippen LogP contribution >= 0.6 is 11.8 Å². The topological polar surface area (TPSA) is 161 Å². The fraction of sp³-hybridized carbons (Fsp3) is 0.154. The first-order valence-corrected chi connectivity index (χ1v) is 7.45. The lowest BCUT2D eigenvalue weighted by molar-refractivity contribution is -0.120. The van der Waals surface area contributed by atoms with Gasteiger partial charge in [-0.2, -0.15) is 10.2 Å². The quantitative estimate of drug-likeness (QED) is 0.210. The summed E-state index contributed by atoms with van der Waals surface area (Å²) in [6.45, 7) is 1.54. The molecule has 2 rings (SSSR count). The molecule has 126 valence electrons. The van der Waals surface area contributed by atoms with Crippen LogP contribution in [0.2, 0.25) is 0 Å². The fourth-order valence-electron chi connectivity index (χ4n) is 1.52. The van der Waals surface area contributed by atoms with E-state index in [1.165, 1.54) is 31.3 Å². The zero-order valence-electron chi connectivity index (χ0n) is 12.3. The highest BCUT2D eigenvalue weighted by Gasteiger charge is 2.17. The molecule has 11 heteroatoms. The van der Waals surface area contributed by atoms with Crippen molar-refractivity contribution in [3.63, 3.8) is 0 Å². The van der Waals surface area contributed by atoms with E-state index in [1.807, 2.05) is 4.98 Å². The fourth-order valence-corrected chi connectivity index (χ4v) is 2.27. The SMILES string of the molecule is CC(Sc1n[nH]c(=O)[nH]c1=O)C(=O)N/N=C/c1ccc(O)c(O)c1. The molecule has 0 bridgehead atoms. The Kier molecular flexibility index (Phi) is 5.37. The average molecular weight is 351 g/mol. The second kappa shape index (κ2) is 7.46. The van der Waals surface area contributed by atoms with Crippen molar-refractivity contribution in [1.82, 2.24) is 20.6 Å². The van der Waals surface area contributed by atoms with E-state index >= 15 is 0 Å². The molecule has 0 aliphatic heterocycles.